The second-order valence-corrected chi connectivity index (χ2v) is 3.10. The van der Waals surface area contributed by atoms with Crippen molar-refractivity contribution in [3.63, 3.8) is 0 Å². The van der Waals surface area contributed by atoms with Crippen molar-refractivity contribution >= 4 is 5.78 Å². The van der Waals surface area contributed by atoms with Crippen LogP contribution in [0.1, 0.15) is 40.0 Å². The van der Waals surface area contributed by atoms with Gasteiger partial charge in [0.05, 0.1) is 0 Å². The lowest BCUT2D eigenvalue weighted by Crippen LogP contribution is -1.89. The molecule has 0 aromatic rings. The van der Waals surface area contributed by atoms with Gasteiger partial charge in [0.2, 0.25) is 0 Å². The van der Waals surface area contributed by atoms with E-state index in [9.17, 15) is 4.79 Å². The highest BCUT2D eigenvalue weighted by Gasteiger charge is 1.93. The van der Waals surface area contributed by atoms with Crippen molar-refractivity contribution in [1.29, 1.82) is 0 Å². The van der Waals surface area contributed by atoms with Gasteiger partial charge in [-0.05, 0) is 19.3 Å². The summed E-state index contributed by atoms with van der Waals surface area (Å²) in [6.45, 7) is 5.98. The number of hydrogen-bond donors (Lipinski definition) is 0. The Morgan fingerprint density at radius 1 is 1.55 bits per heavy atom. The Hall–Kier alpha value is -0.590. The maximum Gasteiger partial charge on any atom is 0.133 e. The summed E-state index contributed by atoms with van der Waals surface area (Å²) in [5.41, 5.74) is 0. The summed E-state index contributed by atoms with van der Waals surface area (Å²) in [5, 5.41) is 0. The molecule has 0 saturated carbocycles. The summed E-state index contributed by atoms with van der Waals surface area (Å²) in [4.78, 5) is 10.5. The topological polar surface area (TPSA) is 17.1 Å². The van der Waals surface area contributed by atoms with Crippen LogP contribution in [0.3, 0.4) is 0 Å². The van der Waals surface area contributed by atoms with Gasteiger partial charge in [0.15, 0.2) is 0 Å². The third kappa shape index (κ3) is 7.31. The first-order valence-electron chi connectivity index (χ1n) is 4.33. The average molecular weight is 154 g/mol. The van der Waals surface area contributed by atoms with Gasteiger partial charge in [-0.2, -0.15) is 0 Å². The predicted octanol–water partition coefficient (Wildman–Crippen LogP) is 2.96. The summed E-state index contributed by atoms with van der Waals surface area (Å²) < 4.78 is 0. The van der Waals surface area contributed by atoms with Crippen LogP contribution in [0.2, 0.25) is 0 Å². The number of ketones is 1. The lowest BCUT2D eigenvalue weighted by atomic mass is 10.1. The Morgan fingerprint density at radius 2 is 2.18 bits per heavy atom. The Balaban J connectivity index is 3.47. The van der Waals surface area contributed by atoms with Gasteiger partial charge in [-0.25, -0.2) is 0 Å². The molecule has 1 heteroatoms. The molecule has 64 valence electrons. The molecule has 0 aromatic heterocycles. The van der Waals surface area contributed by atoms with Gasteiger partial charge in [0.25, 0.3) is 0 Å². The second-order valence-electron chi connectivity index (χ2n) is 3.10. The molecule has 0 rings (SSSR count). The van der Waals surface area contributed by atoms with Crippen LogP contribution >= 0.6 is 0 Å². The number of Topliss-reactive ketones (excluding diaryl/α,β-unsaturated/α-hetero) is 1. The molecule has 0 spiro atoms. The van der Waals surface area contributed by atoms with Crippen LogP contribution in [0.5, 0.6) is 0 Å². The Labute approximate surface area is 69.5 Å². The van der Waals surface area contributed by atoms with Crippen LogP contribution in [-0.2, 0) is 4.79 Å². The highest BCUT2D eigenvalue weighted by atomic mass is 16.1. The van der Waals surface area contributed by atoms with E-state index in [0.29, 0.717) is 12.3 Å². The van der Waals surface area contributed by atoms with Crippen molar-refractivity contribution in [3.05, 3.63) is 12.2 Å². The molecule has 0 saturated heterocycles. The van der Waals surface area contributed by atoms with Crippen LogP contribution in [0.4, 0.5) is 0 Å². The number of carbonyl (C=O) groups is 1. The highest BCUT2D eigenvalue weighted by Crippen LogP contribution is 2.06. The van der Waals surface area contributed by atoms with Crippen molar-refractivity contribution in [2.24, 2.45) is 5.92 Å². The molecule has 0 fully saturated rings. The minimum atomic E-state index is 0.241. The average Bonchev–Trinajstić information content (AvgIpc) is 1.87. The van der Waals surface area contributed by atoms with Crippen molar-refractivity contribution < 1.29 is 4.79 Å². The zero-order valence-corrected chi connectivity index (χ0v) is 7.76. The predicted molar refractivity (Wildman–Crippen MR) is 48.5 cm³/mol. The molecule has 1 unspecified atom stereocenters. The van der Waals surface area contributed by atoms with Gasteiger partial charge in [-0.3, -0.25) is 4.79 Å². The summed E-state index contributed by atoms with van der Waals surface area (Å²) in [6, 6.07) is 0. The molecule has 0 N–H and O–H groups in total. The monoisotopic (exact) mass is 154 g/mol. The number of carbonyl (C=O) groups excluding carboxylic acids is 1. The molecule has 0 amide bonds. The molecule has 0 aliphatic rings. The Morgan fingerprint density at radius 3 is 2.64 bits per heavy atom. The minimum absolute atomic E-state index is 0.241. The third-order valence-electron chi connectivity index (χ3n) is 1.61. The first kappa shape index (κ1) is 10.4. The fraction of sp³-hybridized carbons (Fsp3) is 0.700. The van der Waals surface area contributed by atoms with Crippen LogP contribution in [0.25, 0.3) is 0 Å². The molecular formula is C10H18O. The number of rotatable bonds is 5. The molecule has 0 radical (unpaired) electrons. The molecule has 11 heavy (non-hydrogen) atoms. The quantitative estimate of drug-likeness (QED) is 0.556. The lowest BCUT2D eigenvalue weighted by Gasteiger charge is -2.00. The van der Waals surface area contributed by atoms with E-state index < -0.39 is 0 Å². The van der Waals surface area contributed by atoms with Crippen LogP contribution < -0.4 is 0 Å². The zero-order chi connectivity index (χ0) is 8.69. The first-order chi connectivity index (χ1) is 5.16. The van der Waals surface area contributed by atoms with E-state index in [1.165, 1.54) is 12.8 Å². The fourth-order valence-electron chi connectivity index (χ4n) is 1.02. The van der Waals surface area contributed by atoms with Crippen LogP contribution in [0.15, 0.2) is 12.2 Å². The molecule has 0 aliphatic carbocycles. The van der Waals surface area contributed by atoms with Gasteiger partial charge in [0.1, 0.15) is 5.78 Å². The largest absolute Gasteiger partial charge is 0.300 e. The van der Waals surface area contributed by atoms with Crippen LogP contribution in [-0.4, -0.2) is 5.78 Å². The maximum absolute atomic E-state index is 10.5. The molecule has 0 bridgehead atoms. The zero-order valence-electron chi connectivity index (χ0n) is 7.76. The summed E-state index contributed by atoms with van der Waals surface area (Å²) in [7, 11) is 0. The summed E-state index contributed by atoms with van der Waals surface area (Å²) in [5.74, 6) is 0.865. The van der Waals surface area contributed by atoms with Gasteiger partial charge < -0.3 is 0 Å². The summed E-state index contributed by atoms with van der Waals surface area (Å²) >= 11 is 0. The standard InChI is InChI=1S/C10H18O/c1-4-6-9(2)7-5-8-10(3)11/h5,7,9H,4,6,8H2,1-3H3. The van der Waals surface area contributed by atoms with Gasteiger partial charge in [-0.15, -0.1) is 0 Å². The Kier molecular flexibility index (Phi) is 5.81. The van der Waals surface area contributed by atoms with Crippen LogP contribution in [0, 0.1) is 5.92 Å². The second kappa shape index (κ2) is 6.14. The molecule has 1 nitrogen and oxygen atoms in total. The lowest BCUT2D eigenvalue weighted by molar-refractivity contribution is -0.116. The fourth-order valence-corrected chi connectivity index (χ4v) is 1.02. The SMILES string of the molecule is CCCC(C)C=CCC(C)=O. The minimum Gasteiger partial charge on any atom is -0.300 e. The molecular weight excluding hydrogens is 136 g/mol. The molecule has 0 heterocycles. The van der Waals surface area contributed by atoms with E-state index >= 15 is 0 Å². The van der Waals surface area contributed by atoms with E-state index in [0.717, 1.165) is 0 Å². The smallest absolute Gasteiger partial charge is 0.133 e. The van der Waals surface area contributed by atoms with Gasteiger partial charge in [0, 0.05) is 6.42 Å². The number of allylic oxidation sites excluding steroid dienone is 2. The Bertz CT molecular complexity index is 136. The normalized spacial score (nSPS) is 13.7. The third-order valence-corrected chi connectivity index (χ3v) is 1.61. The van der Waals surface area contributed by atoms with E-state index in [1.54, 1.807) is 6.92 Å². The van der Waals surface area contributed by atoms with Gasteiger partial charge >= 0.3 is 0 Å². The summed E-state index contributed by atoms with van der Waals surface area (Å²) in [6.07, 6.45) is 7.13. The van der Waals surface area contributed by atoms with E-state index in [2.05, 4.69) is 19.9 Å². The van der Waals surface area contributed by atoms with Crippen molar-refractivity contribution in [2.45, 2.75) is 40.0 Å². The van der Waals surface area contributed by atoms with E-state index in [4.69, 9.17) is 0 Å². The van der Waals surface area contributed by atoms with Crippen molar-refractivity contribution in [2.75, 3.05) is 0 Å². The van der Waals surface area contributed by atoms with E-state index in [1.807, 2.05) is 6.08 Å². The van der Waals surface area contributed by atoms with Crippen molar-refractivity contribution in [3.8, 4) is 0 Å². The van der Waals surface area contributed by atoms with Crippen molar-refractivity contribution in [1.82, 2.24) is 0 Å². The molecule has 0 aromatic carbocycles. The van der Waals surface area contributed by atoms with Gasteiger partial charge in [-0.1, -0.05) is 32.4 Å². The van der Waals surface area contributed by atoms with E-state index in [-0.39, 0.29) is 5.78 Å². The molecule has 1 atom stereocenters. The number of hydrogen-bond acceptors (Lipinski definition) is 1. The molecule has 0 aliphatic heterocycles. The highest BCUT2D eigenvalue weighted by molar-refractivity contribution is 5.76. The first-order valence-corrected chi connectivity index (χ1v) is 4.33. The maximum atomic E-state index is 10.5.